The average Bonchev–Trinajstić information content (AvgIpc) is 3.18. The molecule has 1 aromatic rings. The number of hydrogen-bond acceptors (Lipinski definition) is 3. The van der Waals surface area contributed by atoms with Gasteiger partial charge in [0.25, 0.3) is 5.91 Å². The Kier molecular flexibility index (Phi) is 3.80. The Morgan fingerprint density at radius 2 is 1.95 bits per heavy atom. The molecular formula is C13H13F3N2O3. The third-order valence-corrected chi connectivity index (χ3v) is 3.19. The summed E-state index contributed by atoms with van der Waals surface area (Å²) in [7, 11) is 0. The zero-order chi connectivity index (χ0) is 15.8. The van der Waals surface area contributed by atoms with Crippen molar-refractivity contribution in [2.45, 2.75) is 25.1 Å². The highest BCUT2D eigenvalue weighted by Crippen LogP contribution is 2.36. The van der Waals surface area contributed by atoms with Crippen LogP contribution in [0.4, 0.5) is 18.9 Å². The molecule has 0 saturated heterocycles. The summed E-state index contributed by atoms with van der Waals surface area (Å²) in [4.78, 5) is 23.7. The fourth-order valence-corrected chi connectivity index (χ4v) is 2.10. The topological polar surface area (TPSA) is 83.6 Å². The summed E-state index contributed by atoms with van der Waals surface area (Å²) >= 11 is 0. The first-order valence-electron chi connectivity index (χ1n) is 6.19. The second-order valence-corrected chi connectivity index (χ2v) is 4.85. The molecule has 0 unspecified atom stereocenters. The molecule has 0 radical (unpaired) electrons. The Labute approximate surface area is 118 Å². The molecule has 8 heteroatoms. The summed E-state index contributed by atoms with van der Waals surface area (Å²) in [5, 5.41) is 8.90. The highest BCUT2D eigenvalue weighted by atomic mass is 19.4. The number of nitrogens with two attached hydrogens (primary N) is 1. The molecule has 1 amide bonds. The molecule has 0 atom stereocenters. The zero-order valence-corrected chi connectivity index (χ0v) is 10.9. The molecule has 3 N–H and O–H groups in total. The Hall–Kier alpha value is -2.25. The van der Waals surface area contributed by atoms with Gasteiger partial charge >= 0.3 is 12.1 Å². The van der Waals surface area contributed by atoms with Gasteiger partial charge in [0, 0.05) is 6.04 Å². The van der Waals surface area contributed by atoms with Crippen LogP contribution in [0.25, 0.3) is 0 Å². The minimum Gasteiger partial charge on any atom is -0.480 e. The first-order valence-corrected chi connectivity index (χ1v) is 6.19. The number of carbonyl (C=O) groups excluding carboxylic acids is 1. The van der Waals surface area contributed by atoms with E-state index in [0.717, 1.165) is 25.0 Å². The van der Waals surface area contributed by atoms with E-state index < -0.39 is 30.2 Å². The largest absolute Gasteiger partial charge is 0.480 e. The summed E-state index contributed by atoms with van der Waals surface area (Å²) in [5.74, 6) is -2.15. The number of carbonyl (C=O) groups is 2. The summed E-state index contributed by atoms with van der Waals surface area (Å²) < 4.78 is 38.1. The number of carboxylic acid groups (broad SMARTS) is 1. The number of anilines is 1. The summed E-state index contributed by atoms with van der Waals surface area (Å²) in [5.41, 5.74) is 3.95. The SMILES string of the molecule is NC(=O)c1cc(C(F)(F)F)ccc1N(CC(=O)O)C1CC1. The Balaban J connectivity index is 2.46. The number of halogens is 3. The van der Waals surface area contributed by atoms with Gasteiger partial charge in [-0.25, -0.2) is 0 Å². The molecule has 21 heavy (non-hydrogen) atoms. The van der Waals surface area contributed by atoms with E-state index in [1.807, 2.05) is 0 Å². The minimum absolute atomic E-state index is 0.0871. The Bertz CT molecular complexity index is 583. The van der Waals surface area contributed by atoms with Crippen LogP contribution in [0, 0.1) is 0 Å². The predicted molar refractivity (Wildman–Crippen MR) is 68.0 cm³/mol. The lowest BCUT2D eigenvalue weighted by Crippen LogP contribution is -2.33. The number of alkyl halides is 3. The van der Waals surface area contributed by atoms with Crippen molar-refractivity contribution in [3.05, 3.63) is 29.3 Å². The van der Waals surface area contributed by atoms with Gasteiger partial charge in [-0.05, 0) is 31.0 Å². The third kappa shape index (κ3) is 3.45. The van der Waals surface area contributed by atoms with Crippen molar-refractivity contribution in [1.29, 1.82) is 0 Å². The summed E-state index contributed by atoms with van der Waals surface area (Å²) in [6.45, 7) is -0.393. The number of carboxylic acids is 1. The molecule has 0 heterocycles. The number of primary amides is 1. The van der Waals surface area contributed by atoms with Crippen molar-refractivity contribution in [3.8, 4) is 0 Å². The lowest BCUT2D eigenvalue weighted by atomic mass is 10.1. The molecule has 5 nitrogen and oxygen atoms in total. The van der Waals surface area contributed by atoms with Crippen molar-refractivity contribution in [3.63, 3.8) is 0 Å². The van der Waals surface area contributed by atoms with Crippen molar-refractivity contribution in [2.75, 3.05) is 11.4 Å². The van der Waals surface area contributed by atoms with Crippen molar-refractivity contribution in [2.24, 2.45) is 5.73 Å². The summed E-state index contributed by atoms with van der Waals surface area (Å²) in [6.07, 6.45) is -3.14. The number of hydrogen-bond donors (Lipinski definition) is 2. The number of rotatable bonds is 5. The normalized spacial score (nSPS) is 14.8. The van der Waals surface area contributed by atoms with E-state index in [9.17, 15) is 22.8 Å². The van der Waals surface area contributed by atoms with Gasteiger partial charge in [-0.15, -0.1) is 0 Å². The number of amides is 1. The maximum atomic E-state index is 12.7. The Morgan fingerprint density at radius 3 is 2.38 bits per heavy atom. The van der Waals surface area contributed by atoms with Crippen LogP contribution < -0.4 is 10.6 Å². The molecule has 1 aromatic carbocycles. The average molecular weight is 302 g/mol. The molecule has 1 saturated carbocycles. The molecule has 0 spiro atoms. The molecule has 2 rings (SSSR count). The second kappa shape index (κ2) is 5.27. The van der Waals surface area contributed by atoms with Crippen LogP contribution in [0.5, 0.6) is 0 Å². The Morgan fingerprint density at radius 1 is 1.33 bits per heavy atom. The van der Waals surface area contributed by atoms with Crippen LogP contribution in [0.15, 0.2) is 18.2 Å². The number of aliphatic carboxylic acids is 1. The van der Waals surface area contributed by atoms with Gasteiger partial charge in [-0.1, -0.05) is 0 Å². The van der Waals surface area contributed by atoms with E-state index in [2.05, 4.69) is 0 Å². The molecule has 0 aromatic heterocycles. The highest BCUT2D eigenvalue weighted by Gasteiger charge is 2.35. The highest BCUT2D eigenvalue weighted by molar-refractivity contribution is 5.99. The van der Waals surface area contributed by atoms with E-state index in [1.54, 1.807) is 0 Å². The number of benzene rings is 1. The van der Waals surface area contributed by atoms with Crippen molar-refractivity contribution >= 4 is 17.6 Å². The molecule has 1 fully saturated rings. The van der Waals surface area contributed by atoms with Crippen LogP contribution in [0.1, 0.15) is 28.8 Å². The van der Waals surface area contributed by atoms with Gasteiger partial charge in [-0.2, -0.15) is 13.2 Å². The first kappa shape index (κ1) is 15.1. The standard InChI is InChI=1S/C13H13F3N2O3/c14-13(15,16)7-1-4-10(9(5-7)12(17)21)18(6-11(19)20)8-2-3-8/h1,4-5,8H,2-3,6H2,(H2,17,21)(H,19,20). The van der Waals surface area contributed by atoms with Crippen molar-refractivity contribution in [1.82, 2.24) is 0 Å². The molecular weight excluding hydrogens is 289 g/mol. The van der Waals surface area contributed by atoms with E-state index in [-0.39, 0.29) is 17.3 Å². The molecule has 1 aliphatic carbocycles. The molecule has 114 valence electrons. The minimum atomic E-state index is -4.60. The number of nitrogens with zero attached hydrogens (tertiary/aromatic N) is 1. The van der Waals surface area contributed by atoms with E-state index in [0.29, 0.717) is 6.07 Å². The van der Waals surface area contributed by atoms with Gasteiger partial charge in [0.05, 0.1) is 16.8 Å². The second-order valence-electron chi connectivity index (χ2n) is 4.85. The van der Waals surface area contributed by atoms with Gasteiger partial charge < -0.3 is 15.7 Å². The van der Waals surface area contributed by atoms with E-state index >= 15 is 0 Å². The first-order chi connectivity index (χ1) is 9.70. The predicted octanol–water partition coefficient (Wildman–Crippen LogP) is 1.86. The maximum absolute atomic E-state index is 12.7. The van der Waals surface area contributed by atoms with Gasteiger partial charge in [0.15, 0.2) is 0 Å². The van der Waals surface area contributed by atoms with Crippen LogP contribution in [0.3, 0.4) is 0 Å². The van der Waals surface area contributed by atoms with Crippen LogP contribution >= 0.6 is 0 Å². The van der Waals surface area contributed by atoms with Crippen LogP contribution in [0.2, 0.25) is 0 Å². The lowest BCUT2D eigenvalue weighted by Gasteiger charge is -2.25. The molecule has 1 aliphatic rings. The summed E-state index contributed by atoms with van der Waals surface area (Å²) in [6, 6.07) is 2.49. The van der Waals surface area contributed by atoms with Gasteiger partial charge in [-0.3, -0.25) is 9.59 Å². The van der Waals surface area contributed by atoms with E-state index in [4.69, 9.17) is 10.8 Å². The van der Waals surface area contributed by atoms with Gasteiger partial charge in [0.2, 0.25) is 0 Å². The zero-order valence-electron chi connectivity index (χ0n) is 10.9. The smallest absolute Gasteiger partial charge is 0.416 e. The third-order valence-electron chi connectivity index (χ3n) is 3.19. The fraction of sp³-hybridized carbons (Fsp3) is 0.385. The van der Waals surface area contributed by atoms with E-state index in [1.165, 1.54) is 4.90 Å². The fourth-order valence-electron chi connectivity index (χ4n) is 2.10. The lowest BCUT2D eigenvalue weighted by molar-refractivity contribution is -0.138. The van der Waals surface area contributed by atoms with Crippen LogP contribution in [-0.2, 0) is 11.0 Å². The monoisotopic (exact) mass is 302 g/mol. The van der Waals surface area contributed by atoms with Crippen LogP contribution in [-0.4, -0.2) is 29.6 Å². The van der Waals surface area contributed by atoms with Crippen molar-refractivity contribution < 1.29 is 27.9 Å². The molecule has 0 bridgehead atoms. The quantitative estimate of drug-likeness (QED) is 0.869. The van der Waals surface area contributed by atoms with Gasteiger partial charge in [0.1, 0.15) is 6.54 Å². The molecule has 0 aliphatic heterocycles. The maximum Gasteiger partial charge on any atom is 0.416 e.